The summed E-state index contributed by atoms with van der Waals surface area (Å²) in [4.78, 5) is 24.5. The topological polar surface area (TPSA) is 78.9 Å². The molecule has 0 N–H and O–H groups in total. The highest BCUT2D eigenvalue weighted by atomic mass is 16.5. The summed E-state index contributed by atoms with van der Waals surface area (Å²) in [5.41, 5.74) is 5.66. The zero-order chi connectivity index (χ0) is 29.9. The Morgan fingerprint density at radius 3 is 1.27 bits per heavy atom. The zero-order valence-electron chi connectivity index (χ0n) is 23.6. The van der Waals surface area contributed by atoms with E-state index in [1.807, 2.05) is 109 Å². The first-order chi connectivity index (χ1) is 21.6. The van der Waals surface area contributed by atoms with Crippen LogP contribution in [0.2, 0.25) is 0 Å². The first-order valence-electron chi connectivity index (χ1n) is 14.2. The number of hydrogen-bond acceptors (Lipinski definition) is 6. The fourth-order valence-electron chi connectivity index (χ4n) is 5.24. The van der Waals surface area contributed by atoms with Crippen LogP contribution in [-0.4, -0.2) is 0 Å². The lowest BCUT2D eigenvalue weighted by Gasteiger charge is -2.11. The van der Waals surface area contributed by atoms with Crippen LogP contribution in [0, 0.1) is 0 Å². The van der Waals surface area contributed by atoms with Gasteiger partial charge in [0.25, 0.3) is 0 Å². The Balaban J connectivity index is 1.01. The summed E-state index contributed by atoms with van der Waals surface area (Å²) in [5.74, 6) is 1.22. The summed E-state index contributed by atoms with van der Waals surface area (Å²) >= 11 is 0. The predicted molar refractivity (Wildman–Crippen MR) is 171 cm³/mol. The third-order valence-corrected chi connectivity index (χ3v) is 7.44. The Labute approximate surface area is 252 Å². The van der Waals surface area contributed by atoms with Gasteiger partial charge < -0.3 is 18.3 Å². The number of benzene rings is 5. The molecule has 0 saturated heterocycles. The largest absolute Gasteiger partial charge is 0.489 e. The summed E-state index contributed by atoms with van der Waals surface area (Å²) in [5, 5.41) is 1.69. The number of rotatable bonds is 8. The van der Waals surface area contributed by atoms with E-state index in [1.54, 1.807) is 12.1 Å². The minimum Gasteiger partial charge on any atom is -0.489 e. The second-order valence-corrected chi connectivity index (χ2v) is 10.4. The van der Waals surface area contributed by atoms with Crippen LogP contribution in [-0.2, 0) is 13.2 Å². The van der Waals surface area contributed by atoms with Crippen LogP contribution < -0.4 is 20.7 Å². The number of hydrogen-bond donors (Lipinski definition) is 0. The van der Waals surface area contributed by atoms with Crippen molar-refractivity contribution in [2.45, 2.75) is 13.2 Å². The van der Waals surface area contributed by atoms with Gasteiger partial charge in [-0.25, -0.2) is 9.59 Å². The normalized spacial score (nSPS) is 11.1. The minimum absolute atomic E-state index is 0.350. The number of fused-ring (bicyclic) bond motifs is 2. The molecule has 0 amide bonds. The molecule has 0 aliphatic carbocycles. The first kappa shape index (κ1) is 27.0. The molecule has 2 heterocycles. The molecular weight excluding hydrogens is 552 g/mol. The highest BCUT2D eigenvalue weighted by Crippen LogP contribution is 2.31. The Kier molecular flexibility index (Phi) is 7.22. The molecule has 0 unspecified atom stereocenters. The van der Waals surface area contributed by atoms with E-state index in [0.717, 1.165) is 44.2 Å². The summed E-state index contributed by atoms with van der Waals surface area (Å²) in [6.45, 7) is 0.700. The lowest BCUT2D eigenvalue weighted by Crippen LogP contribution is -2.00. The molecule has 0 saturated carbocycles. The van der Waals surface area contributed by atoms with Crippen LogP contribution in [0.25, 0.3) is 44.2 Å². The van der Waals surface area contributed by atoms with Crippen molar-refractivity contribution < 1.29 is 18.3 Å². The van der Waals surface area contributed by atoms with Gasteiger partial charge in [0.15, 0.2) is 0 Å². The monoisotopic (exact) mass is 578 g/mol. The van der Waals surface area contributed by atoms with Crippen LogP contribution in [0.5, 0.6) is 11.5 Å². The van der Waals surface area contributed by atoms with Crippen LogP contribution >= 0.6 is 0 Å². The maximum atomic E-state index is 12.2. The lowest BCUT2D eigenvalue weighted by atomic mass is 10.0. The summed E-state index contributed by atoms with van der Waals surface area (Å²) in [6, 6.07) is 41.6. The molecule has 6 nitrogen and oxygen atoms in total. The molecule has 0 aliphatic rings. The van der Waals surface area contributed by atoms with Gasteiger partial charge in [0.1, 0.15) is 35.9 Å². The quantitative estimate of drug-likeness (QED) is 0.169. The van der Waals surface area contributed by atoms with Gasteiger partial charge >= 0.3 is 11.3 Å². The SMILES string of the molecule is O=c1cc(-c2ccccc2)c2ccc(OCc3ccc(COc4ccc5c(-c6ccccc6)cc(=O)oc5c4)cc3)cc2o1. The Morgan fingerprint density at radius 2 is 0.864 bits per heavy atom. The van der Waals surface area contributed by atoms with Crippen LogP contribution in [0.4, 0.5) is 0 Å². The van der Waals surface area contributed by atoms with E-state index in [-0.39, 0.29) is 0 Å². The minimum atomic E-state index is -0.406. The average Bonchev–Trinajstić information content (AvgIpc) is 3.06. The van der Waals surface area contributed by atoms with Crippen molar-refractivity contribution in [3.8, 4) is 33.8 Å². The van der Waals surface area contributed by atoms with E-state index >= 15 is 0 Å². The Hall–Kier alpha value is -5.88. The molecule has 6 heteroatoms. The molecular formula is C38H26O6. The molecule has 7 rings (SSSR count). The van der Waals surface area contributed by atoms with Gasteiger partial charge in [0, 0.05) is 35.0 Å². The highest BCUT2D eigenvalue weighted by Gasteiger charge is 2.11. The smallest absolute Gasteiger partial charge is 0.336 e. The molecule has 0 atom stereocenters. The summed E-state index contributed by atoms with van der Waals surface area (Å²) in [6.07, 6.45) is 0. The van der Waals surface area contributed by atoms with Gasteiger partial charge in [-0.15, -0.1) is 0 Å². The fraction of sp³-hybridized carbons (Fsp3) is 0.0526. The van der Waals surface area contributed by atoms with Crippen molar-refractivity contribution >= 4 is 21.9 Å². The standard InChI is InChI=1S/C38H26O6/c39-37-21-33(27-7-3-1-4-8-27)31-17-15-29(19-35(31)43-37)41-23-25-11-13-26(14-12-25)24-42-30-16-18-32-34(28-9-5-2-6-10-28)22-38(40)44-36(32)20-30/h1-22H,23-24H2. The Bertz CT molecular complexity index is 2040. The summed E-state index contributed by atoms with van der Waals surface area (Å²) in [7, 11) is 0. The van der Waals surface area contributed by atoms with E-state index in [4.69, 9.17) is 18.3 Å². The van der Waals surface area contributed by atoms with E-state index in [2.05, 4.69) is 0 Å². The van der Waals surface area contributed by atoms with Gasteiger partial charge in [-0.3, -0.25) is 0 Å². The predicted octanol–water partition coefficient (Wildman–Crippen LogP) is 8.39. The van der Waals surface area contributed by atoms with Crippen molar-refractivity contribution in [1.82, 2.24) is 0 Å². The van der Waals surface area contributed by atoms with Crippen molar-refractivity contribution in [3.05, 3.63) is 165 Å². The van der Waals surface area contributed by atoms with E-state index in [1.165, 1.54) is 12.1 Å². The van der Waals surface area contributed by atoms with Crippen LogP contribution in [0.1, 0.15) is 11.1 Å². The molecule has 0 fully saturated rings. The maximum Gasteiger partial charge on any atom is 0.336 e. The zero-order valence-corrected chi connectivity index (χ0v) is 23.6. The molecule has 0 radical (unpaired) electrons. The van der Waals surface area contributed by atoms with E-state index < -0.39 is 11.3 Å². The second kappa shape index (κ2) is 11.8. The third kappa shape index (κ3) is 5.74. The molecule has 5 aromatic carbocycles. The van der Waals surface area contributed by atoms with Gasteiger partial charge in [0.2, 0.25) is 0 Å². The molecule has 0 aliphatic heterocycles. The van der Waals surface area contributed by atoms with Crippen molar-refractivity contribution in [2.75, 3.05) is 0 Å². The van der Waals surface area contributed by atoms with Crippen molar-refractivity contribution in [2.24, 2.45) is 0 Å². The van der Waals surface area contributed by atoms with Gasteiger partial charge in [-0.2, -0.15) is 0 Å². The molecule has 214 valence electrons. The lowest BCUT2D eigenvalue weighted by molar-refractivity contribution is 0.302. The Morgan fingerprint density at radius 1 is 0.455 bits per heavy atom. The van der Waals surface area contributed by atoms with Crippen LogP contribution in [0.3, 0.4) is 0 Å². The average molecular weight is 579 g/mol. The van der Waals surface area contributed by atoms with Crippen molar-refractivity contribution in [3.63, 3.8) is 0 Å². The molecule has 7 aromatic rings. The van der Waals surface area contributed by atoms with Crippen molar-refractivity contribution in [1.29, 1.82) is 0 Å². The molecule has 0 spiro atoms. The van der Waals surface area contributed by atoms with Gasteiger partial charge in [-0.05, 0) is 57.6 Å². The third-order valence-electron chi connectivity index (χ3n) is 7.44. The first-order valence-corrected chi connectivity index (χ1v) is 14.2. The fourth-order valence-corrected chi connectivity index (χ4v) is 5.24. The number of ether oxygens (including phenoxy) is 2. The summed E-state index contributed by atoms with van der Waals surface area (Å²) < 4.78 is 23.0. The molecule has 2 aromatic heterocycles. The molecule has 44 heavy (non-hydrogen) atoms. The second-order valence-electron chi connectivity index (χ2n) is 10.4. The van der Waals surface area contributed by atoms with Crippen LogP contribution in [0.15, 0.2) is 152 Å². The highest BCUT2D eigenvalue weighted by molar-refractivity contribution is 5.94. The molecule has 0 bridgehead atoms. The van der Waals surface area contributed by atoms with Gasteiger partial charge in [0.05, 0.1) is 0 Å². The van der Waals surface area contributed by atoms with Gasteiger partial charge in [-0.1, -0.05) is 84.9 Å². The van der Waals surface area contributed by atoms with E-state index in [0.29, 0.717) is 35.9 Å². The maximum absolute atomic E-state index is 12.2. The van der Waals surface area contributed by atoms with E-state index in [9.17, 15) is 9.59 Å².